The number of piperidine rings is 1. The highest BCUT2D eigenvalue weighted by molar-refractivity contribution is 5.88. The van der Waals surface area contributed by atoms with E-state index in [-0.39, 0.29) is 29.5 Å². The van der Waals surface area contributed by atoms with Gasteiger partial charge in [0.25, 0.3) is 0 Å². The summed E-state index contributed by atoms with van der Waals surface area (Å²) in [6.45, 7) is 0.627. The maximum atomic E-state index is 13.2. The summed E-state index contributed by atoms with van der Waals surface area (Å²) in [5, 5.41) is 5.03. The van der Waals surface area contributed by atoms with Crippen LogP contribution in [0.1, 0.15) is 11.1 Å². The molecule has 0 spiro atoms. The van der Waals surface area contributed by atoms with Crippen LogP contribution in [0.25, 0.3) is 0 Å². The summed E-state index contributed by atoms with van der Waals surface area (Å²) < 4.78 is 77.1. The highest BCUT2D eigenvalue weighted by Crippen LogP contribution is 2.48. The average molecular weight is 431 g/mol. The second-order valence-corrected chi connectivity index (χ2v) is 7.16. The fourth-order valence-electron chi connectivity index (χ4n) is 3.72. The third-order valence-electron chi connectivity index (χ3n) is 5.22. The number of fused-ring (bicyclic) bond motifs is 1. The smallest absolute Gasteiger partial charge is 0.355 e. The van der Waals surface area contributed by atoms with E-state index in [1.165, 1.54) is 12.3 Å². The minimum Gasteiger partial charge on any atom is -0.355 e. The Morgan fingerprint density at radius 3 is 2.27 bits per heavy atom. The summed E-state index contributed by atoms with van der Waals surface area (Å²) in [7, 11) is 0. The van der Waals surface area contributed by atoms with E-state index in [9.17, 15) is 31.1 Å². The highest BCUT2D eigenvalue weighted by Gasteiger charge is 2.57. The number of hydrogen-bond acceptors (Lipinski definition) is 4. The van der Waals surface area contributed by atoms with Crippen molar-refractivity contribution in [1.29, 1.82) is 0 Å². The molecule has 2 aromatic heterocycles. The van der Waals surface area contributed by atoms with Gasteiger partial charge in [-0.25, -0.2) is 14.8 Å². The lowest BCUT2D eigenvalue weighted by molar-refractivity contribution is -0.138. The van der Waals surface area contributed by atoms with Crippen LogP contribution in [0.5, 0.6) is 0 Å². The molecule has 1 saturated heterocycles. The molecule has 2 unspecified atom stereocenters. The van der Waals surface area contributed by atoms with Crippen LogP contribution >= 0.6 is 0 Å². The number of anilines is 2. The summed E-state index contributed by atoms with van der Waals surface area (Å²) in [4.78, 5) is 21.0. The van der Waals surface area contributed by atoms with Gasteiger partial charge in [0.15, 0.2) is 0 Å². The molecule has 2 aromatic rings. The molecule has 0 aromatic carbocycles. The van der Waals surface area contributed by atoms with Crippen LogP contribution in [0.3, 0.4) is 0 Å². The van der Waals surface area contributed by atoms with E-state index in [1.807, 2.05) is 0 Å². The molecule has 1 aliphatic carbocycles. The van der Waals surface area contributed by atoms with Gasteiger partial charge in [-0.2, -0.15) is 26.3 Å². The Balaban J connectivity index is 1.32. The van der Waals surface area contributed by atoms with E-state index in [0.29, 0.717) is 19.3 Å². The standard InChI is InChI=1S/C18H15F6N5O/c19-17(20,21)9-3-4-13(26-6-9)27-16(30)28-14-10-7-29(8-11(10)14)15-12(18(22,23)24)2-1-5-25-15/h1-6,10-11,14H,7-8H2,(H2,26,27,28,30). The predicted octanol–water partition coefficient (Wildman–Crippen LogP) is 3.77. The summed E-state index contributed by atoms with van der Waals surface area (Å²) >= 11 is 0. The van der Waals surface area contributed by atoms with E-state index in [2.05, 4.69) is 20.6 Å². The molecule has 4 rings (SSSR count). The topological polar surface area (TPSA) is 70.2 Å². The van der Waals surface area contributed by atoms with E-state index >= 15 is 0 Å². The number of aromatic nitrogens is 2. The first kappa shape index (κ1) is 20.2. The van der Waals surface area contributed by atoms with Gasteiger partial charge in [-0.1, -0.05) is 0 Å². The molecule has 2 N–H and O–H groups in total. The number of alkyl halides is 6. The van der Waals surface area contributed by atoms with Crippen molar-refractivity contribution in [3.8, 4) is 0 Å². The van der Waals surface area contributed by atoms with Gasteiger partial charge in [0.05, 0.1) is 11.1 Å². The molecule has 30 heavy (non-hydrogen) atoms. The first-order chi connectivity index (χ1) is 14.0. The summed E-state index contributed by atoms with van der Waals surface area (Å²) in [6.07, 6.45) is -7.12. The van der Waals surface area contributed by atoms with E-state index in [1.54, 1.807) is 4.90 Å². The number of urea groups is 1. The first-order valence-corrected chi connectivity index (χ1v) is 8.92. The summed E-state index contributed by atoms with van der Waals surface area (Å²) in [5.41, 5.74) is -1.74. The number of carbonyl (C=O) groups excluding carboxylic acids is 1. The molecule has 2 atom stereocenters. The van der Waals surface area contributed by atoms with Crippen LogP contribution in [0.2, 0.25) is 0 Å². The minimum absolute atomic E-state index is 0.0283. The van der Waals surface area contributed by atoms with Crippen molar-refractivity contribution in [2.75, 3.05) is 23.3 Å². The van der Waals surface area contributed by atoms with Gasteiger partial charge in [-0.05, 0) is 24.3 Å². The Bertz CT molecular complexity index is 933. The Hall–Kier alpha value is -3.05. The van der Waals surface area contributed by atoms with Crippen molar-refractivity contribution in [3.63, 3.8) is 0 Å². The fraction of sp³-hybridized carbons (Fsp3) is 0.389. The molecule has 2 fully saturated rings. The number of nitrogens with one attached hydrogen (secondary N) is 2. The van der Waals surface area contributed by atoms with Crippen molar-refractivity contribution >= 4 is 17.7 Å². The van der Waals surface area contributed by atoms with Gasteiger partial charge in [-0.3, -0.25) is 5.32 Å². The molecular weight excluding hydrogens is 416 g/mol. The monoisotopic (exact) mass is 431 g/mol. The maximum absolute atomic E-state index is 13.2. The van der Waals surface area contributed by atoms with Crippen LogP contribution < -0.4 is 15.5 Å². The van der Waals surface area contributed by atoms with Crippen LogP contribution in [0, 0.1) is 11.8 Å². The predicted molar refractivity (Wildman–Crippen MR) is 93.6 cm³/mol. The number of hydrogen-bond donors (Lipinski definition) is 2. The van der Waals surface area contributed by atoms with Gasteiger partial charge >= 0.3 is 18.4 Å². The molecule has 160 valence electrons. The zero-order valence-electron chi connectivity index (χ0n) is 15.1. The number of rotatable bonds is 3. The Kier molecular flexibility index (Phi) is 4.74. The molecule has 1 saturated carbocycles. The van der Waals surface area contributed by atoms with E-state index < -0.39 is 29.5 Å². The van der Waals surface area contributed by atoms with Crippen LogP contribution in [0.15, 0.2) is 36.7 Å². The molecule has 2 aliphatic rings. The van der Waals surface area contributed by atoms with Crippen LogP contribution in [-0.4, -0.2) is 35.1 Å². The van der Waals surface area contributed by atoms with E-state index in [0.717, 1.165) is 18.2 Å². The van der Waals surface area contributed by atoms with Crippen LogP contribution in [0.4, 0.5) is 42.8 Å². The van der Waals surface area contributed by atoms with Crippen LogP contribution in [-0.2, 0) is 12.4 Å². The zero-order valence-corrected chi connectivity index (χ0v) is 15.1. The second-order valence-electron chi connectivity index (χ2n) is 7.16. The van der Waals surface area contributed by atoms with Crippen molar-refractivity contribution in [3.05, 3.63) is 47.8 Å². The number of halogens is 6. The highest BCUT2D eigenvalue weighted by atomic mass is 19.4. The normalized spacial score (nSPS) is 23.1. The van der Waals surface area contributed by atoms with Gasteiger partial charge in [0, 0.05) is 43.4 Å². The number of pyridine rings is 2. The van der Waals surface area contributed by atoms with Gasteiger partial charge in [0.1, 0.15) is 11.6 Å². The molecule has 3 heterocycles. The van der Waals surface area contributed by atoms with Crippen molar-refractivity contribution < 1.29 is 31.1 Å². The lowest BCUT2D eigenvalue weighted by atomic mass is 10.2. The van der Waals surface area contributed by atoms with Gasteiger partial charge in [0.2, 0.25) is 0 Å². The molecule has 6 nitrogen and oxygen atoms in total. The lowest BCUT2D eigenvalue weighted by Gasteiger charge is -2.24. The Morgan fingerprint density at radius 1 is 1.00 bits per heavy atom. The molecule has 2 amide bonds. The SMILES string of the molecule is O=C(Nc1ccc(C(F)(F)F)cn1)NC1C2CN(c3ncccc3C(F)(F)F)CC21. The van der Waals surface area contributed by atoms with Crippen molar-refractivity contribution in [2.24, 2.45) is 11.8 Å². The van der Waals surface area contributed by atoms with Crippen molar-refractivity contribution in [1.82, 2.24) is 15.3 Å². The quantitative estimate of drug-likeness (QED) is 0.726. The molecule has 1 aliphatic heterocycles. The molecular formula is C18H15F6N5O. The Labute approximate surface area is 166 Å². The number of carbonyl (C=O) groups is 1. The second kappa shape index (κ2) is 7.03. The molecule has 0 bridgehead atoms. The van der Waals surface area contributed by atoms with Gasteiger partial charge in [-0.15, -0.1) is 0 Å². The number of nitrogens with zero attached hydrogens (tertiary/aromatic N) is 3. The largest absolute Gasteiger partial charge is 0.419 e. The third-order valence-corrected chi connectivity index (χ3v) is 5.22. The fourth-order valence-corrected chi connectivity index (χ4v) is 3.72. The Morgan fingerprint density at radius 2 is 1.70 bits per heavy atom. The first-order valence-electron chi connectivity index (χ1n) is 8.92. The molecule has 12 heteroatoms. The third kappa shape index (κ3) is 3.98. The van der Waals surface area contributed by atoms with Gasteiger partial charge < -0.3 is 10.2 Å². The summed E-state index contributed by atoms with van der Waals surface area (Å²) in [6, 6.07) is 3.19. The maximum Gasteiger partial charge on any atom is 0.419 e. The average Bonchev–Trinajstić information content (AvgIpc) is 3.10. The lowest BCUT2D eigenvalue weighted by Crippen LogP contribution is -2.37. The van der Waals surface area contributed by atoms with E-state index in [4.69, 9.17) is 0 Å². The molecule has 0 radical (unpaired) electrons. The zero-order chi connectivity index (χ0) is 21.7. The summed E-state index contributed by atoms with van der Waals surface area (Å²) in [5.74, 6) is -0.232. The minimum atomic E-state index is -4.52. The van der Waals surface area contributed by atoms with Crippen molar-refractivity contribution in [2.45, 2.75) is 18.4 Å². The number of amides is 2.